The van der Waals surface area contributed by atoms with Gasteiger partial charge in [-0.05, 0) is 61.4 Å². The van der Waals surface area contributed by atoms with Gasteiger partial charge in [0.1, 0.15) is 11.5 Å². The van der Waals surface area contributed by atoms with Crippen LogP contribution in [0.2, 0.25) is 0 Å². The second kappa shape index (κ2) is 12.9. The van der Waals surface area contributed by atoms with Gasteiger partial charge in [0.25, 0.3) is 0 Å². The van der Waals surface area contributed by atoms with Gasteiger partial charge in [0, 0.05) is 12.8 Å². The largest absolute Gasteiger partial charge is 0.465 e. The number of hydrogen-bond acceptors (Lipinski definition) is 8. The summed E-state index contributed by atoms with van der Waals surface area (Å²) >= 11 is 0. The minimum atomic E-state index is -0.455. The predicted molar refractivity (Wildman–Crippen MR) is 115 cm³/mol. The van der Waals surface area contributed by atoms with Crippen molar-refractivity contribution in [2.24, 2.45) is 0 Å². The zero-order chi connectivity index (χ0) is 23.3. The van der Waals surface area contributed by atoms with E-state index in [1.54, 1.807) is 24.3 Å². The molecule has 8 heteroatoms. The monoisotopic (exact) mass is 442 g/mol. The van der Waals surface area contributed by atoms with E-state index in [4.69, 9.17) is 9.47 Å². The molecule has 0 aliphatic rings. The molecule has 0 aliphatic carbocycles. The van der Waals surface area contributed by atoms with Gasteiger partial charge in [-0.15, -0.1) is 0 Å². The minimum Gasteiger partial charge on any atom is -0.465 e. The Kier molecular flexibility index (Phi) is 9.90. The number of rotatable bonds is 11. The number of esters is 4. The highest BCUT2D eigenvalue weighted by molar-refractivity contribution is 5.90. The summed E-state index contributed by atoms with van der Waals surface area (Å²) in [5.74, 6) is -0.891. The normalized spacial score (nSPS) is 10.2. The lowest BCUT2D eigenvalue weighted by molar-refractivity contribution is -0.135. The van der Waals surface area contributed by atoms with Crippen molar-refractivity contribution in [3.63, 3.8) is 0 Å². The van der Waals surface area contributed by atoms with E-state index in [2.05, 4.69) is 9.47 Å². The third-order valence-corrected chi connectivity index (χ3v) is 4.53. The van der Waals surface area contributed by atoms with Crippen LogP contribution in [0.5, 0.6) is 11.5 Å². The second-order valence-electron chi connectivity index (χ2n) is 6.89. The molecule has 32 heavy (non-hydrogen) atoms. The Bertz CT molecular complexity index is 839. The number of benzene rings is 2. The fourth-order valence-corrected chi connectivity index (χ4v) is 2.81. The van der Waals surface area contributed by atoms with Gasteiger partial charge < -0.3 is 18.9 Å². The molecule has 0 spiro atoms. The van der Waals surface area contributed by atoms with E-state index < -0.39 is 11.9 Å². The first-order valence-corrected chi connectivity index (χ1v) is 10.2. The Balaban J connectivity index is 1.58. The number of methoxy groups -OCH3 is 2. The Hall–Kier alpha value is -3.68. The van der Waals surface area contributed by atoms with Gasteiger partial charge in [-0.2, -0.15) is 0 Å². The highest BCUT2D eigenvalue weighted by Crippen LogP contribution is 2.16. The summed E-state index contributed by atoms with van der Waals surface area (Å²) in [4.78, 5) is 46.6. The van der Waals surface area contributed by atoms with Crippen molar-refractivity contribution in [1.29, 1.82) is 0 Å². The summed E-state index contributed by atoms with van der Waals surface area (Å²) in [5, 5.41) is 0. The molecule has 2 aromatic carbocycles. The lowest BCUT2D eigenvalue weighted by Crippen LogP contribution is -2.09. The highest BCUT2D eigenvalue weighted by Gasteiger charge is 2.10. The molecule has 0 saturated heterocycles. The molecular weight excluding hydrogens is 416 g/mol. The number of carbonyl (C=O) groups excluding carboxylic acids is 4. The Morgan fingerprint density at radius 1 is 0.562 bits per heavy atom. The van der Waals surface area contributed by atoms with Crippen LogP contribution in [-0.2, 0) is 19.1 Å². The topological polar surface area (TPSA) is 105 Å². The Morgan fingerprint density at radius 3 is 1.22 bits per heavy atom. The van der Waals surface area contributed by atoms with E-state index in [-0.39, 0.29) is 24.8 Å². The smallest absolute Gasteiger partial charge is 0.337 e. The average molecular weight is 442 g/mol. The van der Waals surface area contributed by atoms with E-state index in [9.17, 15) is 19.2 Å². The van der Waals surface area contributed by atoms with Crippen LogP contribution in [-0.4, -0.2) is 38.1 Å². The molecule has 0 fully saturated rings. The first kappa shape index (κ1) is 24.6. The van der Waals surface area contributed by atoms with Gasteiger partial charge in [-0.25, -0.2) is 9.59 Å². The van der Waals surface area contributed by atoms with E-state index >= 15 is 0 Å². The molecular formula is C24H26O8. The van der Waals surface area contributed by atoms with E-state index in [1.807, 2.05) is 0 Å². The van der Waals surface area contributed by atoms with Crippen molar-refractivity contribution in [3.8, 4) is 11.5 Å². The third-order valence-electron chi connectivity index (χ3n) is 4.53. The van der Waals surface area contributed by atoms with Crippen LogP contribution in [0.25, 0.3) is 0 Å². The molecule has 0 radical (unpaired) electrons. The highest BCUT2D eigenvalue weighted by atomic mass is 16.5. The third kappa shape index (κ3) is 8.22. The van der Waals surface area contributed by atoms with Crippen LogP contribution in [0.4, 0.5) is 0 Å². The van der Waals surface area contributed by atoms with Gasteiger partial charge in [-0.3, -0.25) is 9.59 Å². The zero-order valence-electron chi connectivity index (χ0n) is 18.1. The van der Waals surface area contributed by atoms with Gasteiger partial charge >= 0.3 is 23.9 Å². The van der Waals surface area contributed by atoms with Crippen molar-refractivity contribution < 1.29 is 38.1 Å². The van der Waals surface area contributed by atoms with Crippen LogP contribution < -0.4 is 9.47 Å². The molecule has 0 amide bonds. The second-order valence-corrected chi connectivity index (χ2v) is 6.89. The maximum atomic E-state index is 11.9. The fraction of sp³-hybridized carbons (Fsp3) is 0.333. The van der Waals surface area contributed by atoms with Gasteiger partial charge in [0.15, 0.2) is 0 Å². The first-order valence-electron chi connectivity index (χ1n) is 10.2. The summed E-state index contributed by atoms with van der Waals surface area (Å²) < 4.78 is 19.7. The summed E-state index contributed by atoms with van der Waals surface area (Å²) in [6.45, 7) is 0. The van der Waals surface area contributed by atoms with Crippen LogP contribution in [0.3, 0.4) is 0 Å². The molecule has 0 saturated carbocycles. The molecule has 170 valence electrons. The quantitative estimate of drug-likeness (QED) is 0.291. The van der Waals surface area contributed by atoms with Crippen LogP contribution in [0.15, 0.2) is 48.5 Å². The molecule has 2 aromatic rings. The Labute approximate surface area is 186 Å². The van der Waals surface area contributed by atoms with Crippen LogP contribution >= 0.6 is 0 Å². The zero-order valence-corrected chi connectivity index (χ0v) is 18.1. The van der Waals surface area contributed by atoms with E-state index in [1.165, 1.54) is 38.5 Å². The number of unbranched alkanes of at least 4 members (excludes halogenated alkanes) is 3. The summed E-state index contributed by atoms with van der Waals surface area (Å²) in [7, 11) is 2.59. The molecule has 0 aromatic heterocycles. The molecule has 0 unspecified atom stereocenters. The molecule has 0 aliphatic heterocycles. The standard InChI is InChI=1S/C24H26O8/c1-29-23(27)17-9-13-19(14-10-17)31-21(25)7-5-3-4-6-8-22(26)32-20-15-11-18(12-16-20)24(28)30-2/h9-16H,3-8H2,1-2H3. The maximum Gasteiger partial charge on any atom is 0.337 e. The lowest BCUT2D eigenvalue weighted by Gasteiger charge is -2.06. The van der Waals surface area contributed by atoms with Crippen LogP contribution in [0.1, 0.15) is 59.2 Å². The van der Waals surface area contributed by atoms with Crippen molar-refractivity contribution >= 4 is 23.9 Å². The van der Waals surface area contributed by atoms with E-state index in [0.29, 0.717) is 35.5 Å². The first-order chi connectivity index (χ1) is 15.4. The van der Waals surface area contributed by atoms with Gasteiger partial charge in [0.05, 0.1) is 25.3 Å². The Morgan fingerprint density at radius 2 is 0.906 bits per heavy atom. The van der Waals surface area contributed by atoms with Crippen molar-refractivity contribution in [2.75, 3.05) is 14.2 Å². The van der Waals surface area contributed by atoms with Crippen molar-refractivity contribution in [3.05, 3.63) is 59.7 Å². The fourth-order valence-electron chi connectivity index (χ4n) is 2.81. The molecule has 0 bridgehead atoms. The SMILES string of the molecule is COC(=O)c1ccc(OC(=O)CCCCCCC(=O)Oc2ccc(C(=O)OC)cc2)cc1. The average Bonchev–Trinajstić information content (AvgIpc) is 2.81. The number of ether oxygens (including phenoxy) is 4. The summed E-state index contributed by atoms with van der Waals surface area (Å²) in [6, 6.07) is 12.3. The molecule has 0 N–H and O–H groups in total. The molecule has 2 rings (SSSR count). The van der Waals surface area contributed by atoms with Crippen LogP contribution in [0, 0.1) is 0 Å². The molecule has 0 atom stereocenters. The van der Waals surface area contributed by atoms with Crippen molar-refractivity contribution in [1.82, 2.24) is 0 Å². The maximum absolute atomic E-state index is 11.9. The van der Waals surface area contributed by atoms with Gasteiger partial charge in [0.2, 0.25) is 0 Å². The molecule has 0 heterocycles. The van der Waals surface area contributed by atoms with Crippen molar-refractivity contribution in [2.45, 2.75) is 38.5 Å². The van der Waals surface area contributed by atoms with Gasteiger partial charge in [-0.1, -0.05) is 12.8 Å². The number of carbonyl (C=O) groups is 4. The number of hydrogen-bond donors (Lipinski definition) is 0. The summed E-state index contributed by atoms with van der Waals surface area (Å²) in [5.41, 5.74) is 0.757. The minimum absolute atomic E-state index is 0.260. The lowest BCUT2D eigenvalue weighted by atomic mass is 10.1. The summed E-state index contributed by atoms with van der Waals surface area (Å²) in [6.07, 6.45) is 3.35. The molecule has 8 nitrogen and oxygen atoms in total. The predicted octanol–water partition coefficient (Wildman–Crippen LogP) is 4.11. The van der Waals surface area contributed by atoms with E-state index in [0.717, 1.165) is 12.8 Å².